The first-order valence-corrected chi connectivity index (χ1v) is 0. The zero-order valence-corrected chi connectivity index (χ0v) is 12.1. The van der Waals surface area contributed by atoms with Crippen LogP contribution >= 0.6 is 0 Å². The van der Waals surface area contributed by atoms with Gasteiger partial charge in [-0.25, -0.2) is 0 Å². The van der Waals surface area contributed by atoms with Crippen LogP contribution in [0, 0.1) is 0 Å². The van der Waals surface area contributed by atoms with Crippen LogP contribution in [0.1, 0.15) is 0 Å². The fourth-order valence-corrected chi connectivity index (χ4v) is 0. The van der Waals surface area contributed by atoms with Gasteiger partial charge < -0.3 is 0 Å². The average molecular weight is 471 g/mol. The topological polar surface area (TPSA) is 0 Å². The van der Waals surface area contributed by atoms with Gasteiger partial charge in [-0.15, -0.1) is 0 Å². The maximum absolute atomic E-state index is 0. The predicted octanol–water partition coefficient (Wildman–Crippen LogP) is -5.92. The molecular weight excluding hydrogens is 456 g/mol. The Labute approximate surface area is 104 Å². The Morgan fingerprint density at radius 2 is 0.800 bits per heavy atom. The maximum atomic E-state index is 0. The van der Waals surface area contributed by atoms with Gasteiger partial charge >= 0.3 is 106 Å². The van der Waals surface area contributed by atoms with Gasteiger partial charge in [0.05, 0.1) is 0 Å². The van der Waals surface area contributed by atoms with E-state index < -0.39 is 0 Å². The van der Waals surface area contributed by atoms with Crippen LogP contribution in [0.25, 0.3) is 0 Å². The molecule has 0 heterocycles. The molecule has 0 bridgehead atoms. The van der Waals surface area contributed by atoms with Gasteiger partial charge in [0.15, 0.2) is 0 Å². The second kappa shape index (κ2) is 26.1. The molecule has 0 aromatic rings. The molecule has 0 spiro atoms. The van der Waals surface area contributed by atoms with E-state index in [-0.39, 0.29) is 106 Å². The van der Waals surface area contributed by atoms with Crippen molar-refractivity contribution in [3.8, 4) is 0 Å². The normalized spacial score (nSPS) is 0. The van der Waals surface area contributed by atoms with Crippen LogP contribution in [0.4, 0.5) is 0 Å². The van der Waals surface area contributed by atoms with Gasteiger partial charge in [-0.2, -0.15) is 0 Å². The zero-order valence-electron chi connectivity index (χ0n) is 2.12. The van der Waals surface area contributed by atoms with Crippen molar-refractivity contribution in [2.45, 2.75) is 0 Å². The molecule has 5 heavy (non-hydrogen) atoms. The second-order valence-electron chi connectivity index (χ2n) is 0. The van der Waals surface area contributed by atoms with Crippen molar-refractivity contribution in [2.75, 3.05) is 0 Å². The quantitative estimate of drug-likeness (QED) is 0.309. The van der Waals surface area contributed by atoms with Gasteiger partial charge in [0.2, 0.25) is 0 Å². The van der Waals surface area contributed by atoms with Gasteiger partial charge in [0, 0.05) is 0 Å². The average Bonchev–Trinajstić information content (AvgIpc) is 0. The van der Waals surface area contributed by atoms with Crippen molar-refractivity contribution in [2.24, 2.45) is 0 Å². The third-order valence-electron chi connectivity index (χ3n) is 0. The summed E-state index contributed by atoms with van der Waals surface area (Å²) < 4.78 is 0. The van der Waals surface area contributed by atoms with E-state index in [2.05, 4.69) is 0 Å². The minimum absolute atomic E-state index is 0. The van der Waals surface area contributed by atoms with Gasteiger partial charge in [0.25, 0.3) is 0 Å². The Balaban J connectivity index is 0. The molecule has 0 aromatic carbocycles. The molecule has 0 saturated heterocycles. The van der Waals surface area contributed by atoms with Crippen LogP contribution in [0.3, 0.4) is 0 Å². The summed E-state index contributed by atoms with van der Waals surface area (Å²) in [4.78, 5) is 0. The summed E-state index contributed by atoms with van der Waals surface area (Å²) in [6.07, 6.45) is 0. The van der Waals surface area contributed by atoms with Gasteiger partial charge in [0.1, 0.15) is 0 Å². The first-order valence-electron chi connectivity index (χ1n) is 0. The molecule has 0 nitrogen and oxygen atoms in total. The van der Waals surface area contributed by atoms with Crippen LogP contribution in [-0.4, -0.2) is 106 Å². The Hall–Kier alpha value is 3.44. The monoisotopic (exact) mass is 470 g/mol. The van der Waals surface area contributed by atoms with Crippen molar-refractivity contribution < 1.29 is 0 Å². The van der Waals surface area contributed by atoms with Crippen molar-refractivity contribution >= 4 is 106 Å². The minimum atomic E-state index is 0. The first kappa shape index (κ1) is 39.5. The molecule has 0 aliphatic rings. The molecular formula is H15As2GaInSb. The Morgan fingerprint density at radius 1 is 0.800 bits per heavy atom. The Kier molecular flexibility index (Phi) is 206. The van der Waals surface area contributed by atoms with E-state index in [9.17, 15) is 0 Å². The van der Waals surface area contributed by atoms with Crippen LogP contribution in [0.15, 0.2) is 0 Å². The Bertz CT molecular complexity index is 9.61. The summed E-state index contributed by atoms with van der Waals surface area (Å²) in [6, 6.07) is 0. The molecule has 0 aliphatic heterocycles. The number of hydrogen-bond acceptors (Lipinski definition) is 0. The third-order valence-corrected chi connectivity index (χ3v) is 0. The molecule has 0 saturated carbocycles. The molecule has 36 valence electrons. The van der Waals surface area contributed by atoms with E-state index in [0.717, 1.165) is 0 Å². The van der Waals surface area contributed by atoms with E-state index in [0.29, 0.717) is 0 Å². The molecule has 2 unspecified atom stereocenters. The van der Waals surface area contributed by atoms with E-state index in [1.165, 1.54) is 0 Å². The predicted molar refractivity (Wildman–Crippen MR) is 49.7 cm³/mol. The van der Waals surface area contributed by atoms with Crippen LogP contribution in [-0.2, 0) is 0 Å². The van der Waals surface area contributed by atoms with Gasteiger partial charge in [-0.1, -0.05) is 0 Å². The van der Waals surface area contributed by atoms with E-state index >= 15 is 0 Å². The summed E-state index contributed by atoms with van der Waals surface area (Å²) in [5.41, 5.74) is 0. The summed E-state index contributed by atoms with van der Waals surface area (Å²) in [6.45, 7) is 0. The molecule has 0 N–H and O–H groups in total. The van der Waals surface area contributed by atoms with Crippen molar-refractivity contribution in [1.82, 2.24) is 0 Å². The summed E-state index contributed by atoms with van der Waals surface area (Å²) in [7, 11) is 0. The molecule has 0 amide bonds. The van der Waals surface area contributed by atoms with E-state index in [1.54, 1.807) is 0 Å². The van der Waals surface area contributed by atoms with Crippen molar-refractivity contribution in [3.05, 3.63) is 0 Å². The molecule has 0 rings (SSSR count). The molecule has 0 fully saturated rings. The van der Waals surface area contributed by atoms with Gasteiger partial charge in [-0.3, -0.25) is 0 Å². The second-order valence-corrected chi connectivity index (χ2v) is 0. The Morgan fingerprint density at radius 3 is 0.800 bits per heavy atom. The zero-order chi connectivity index (χ0) is 0. The van der Waals surface area contributed by atoms with Crippen molar-refractivity contribution in [3.63, 3.8) is 0 Å². The molecule has 0 radical (unpaired) electrons. The van der Waals surface area contributed by atoms with Gasteiger partial charge in [-0.05, 0) is 0 Å². The third kappa shape index (κ3) is 18.6. The molecule has 0 aromatic heterocycles. The summed E-state index contributed by atoms with van der Waals surface area (Å²) >= 11 is 0. The molecule has 2 atom stereocenters. The number of rotatable bonds is 0. The summed E-state index contributed by atoms with van der Waals surface area (Å²) in [5.74, 6) is 0. The van der Waals surface area contributed by atoms with Crippen molar-refractivity contribution in [1.29, 1.82) is 0 Å². The first-order chi connectivity index (χ1) is 0. The summed E-state index contributed by atoms with van der Waals surface area (Å²) in [5, 5.41) is 0. The van der Waals surface area contributed by atoms with E-state index in [1.807, 2.05) is 0 Å². The molecule has 5 heteroatoms. The van der Waals surface area contributed by atoms with Crippen LogP contribution in [0.2, 0.25) is 0 Å². The molecule has 0 aliphatic carbocycles. The fraction of sp³-hybridized carbons (Fsp3) is 0. The number of hydrogen-bond donors (Lipinski definition) is 0. The van der Waals surface area contributed by atoms with Crippen LogP contribution in [0.5, 0.6) is 0 Å². The van der Waals surface area contributed by atoms with Crippen LogP contribution < -0.4 is 0 Å². The SMILES string of the molecule is [AsH3].[AsH3].[GaH3].[InH3].[SbH3]. The fourth-order valence-electron chi connectivity index (χ4n) is 0. The standard InChI is InChI=1S/2AsH3.Ga.In.Sb.9H/h2*1H3;;;;;;;;;;;;. The van der Waals surface area contributed by atoms with E-state index in [4.69, 9.17) is 0 Å².